The minimum absolute atomic E-state index is 0.411. The van der Waals surface area contributed by atoms with Crippen molar-refractivity contribution in [3.8, 4) is 0 Å². The molecule has 0 atom stereocenters. The highest BCUT2D eigenvalue weighted by Gasteiger charge is 2.14. The molecule has 1 aliphatic rings. The van der Waals surface area contributed by atoms with Crippen molar-refractivity contribution in [1.82, 2.24) is 9.97 Å². The van der Waals surface area contributed by atoms with Crippen LogP contribution in [0, 0.1) is 5.92 Å². The maximum Gasteiger partial charge on any atom is 0.158 e. The van der Waals surface area contributed by atoms with Crippen LogP contribution in [0.25, 0.3) is 0 Å². The number of halogens is 1. The molecule has 4 nitrogen and oxygen atoms in total. The monoisotopic (exact) mass is 297 g/mol. The van der Waals surface area contributed by atoms with E-state index in [0.717, 1.165) is 18.3 Å². The van der Waals surface area contributed by atoms with E-state index in [0.29, 0.717) is 24.2 Å². The Bertz CT molecular complexity index is 408. The summed E-state index contributed by atoms with van der Waals surface area (Å²) in [6.45, 7) is 3.96. The van der Waals surface area contributed by atoms with Crippen molar-refractivity contribution in [2.75, 3.05) is 18.5 Å². The first-order valence-corrected chi connectivity index (χ1v) is 8.01. The van der Waals surface area contributed by atoms with Gasteiger partial charge in [-0.15, -0.1) is 0 Å². The molecule has 1 aromatic rings. The lowest BCUT2D eigenvalue weighted by molar-refractivity contribution is 0.128. The van der Waals surface area contributed by atoms with Crippen LogP contribution in [-0.2, 0) is 11.3 Å². The van der Waals surface area contributed by atoms with Gasteiger partial charge in [0.1, 0.15) is 17.6 Å². The van der Waals surface area contributed by atoms with Gasteiger partial charge in [0.2, 0.25) is 0 Å². The average molecular weight is 298 g/mol. The second-order valence-corrected chi connectivity index (χ2v) is 5.74. The van der Waals surface area contributed by atoms with E-state index in [4.69, 9.17) is 16.3 Å². The van der Waals surface area contributed by atoms with Crippen molar-refractivity contribution in [2.24, 2.45) is 5.92 Å². The number of ether oxygens (including phenoxy) is 1. The van der Waals surface area contributed by atoms with E-state index in [-0.39, 0.29) is 0 Å². The minimum atomic E-state index is 0.411. The van der Waals surface area contributed by atoms with E-state index in [1.807, 2.05) is 6.92 Å². The highest BCUT2D eigenvalue weighted by Crippen LogP contribution is 2.28. The fourth-order valence-electron chi connectivity index (χ4n) is 2.72. The van der Waals surface area contributed by atoms with E-state index in [1.165, 1.54) is 38.5 Å². The largest absolute Gasteiger partial charge is 0.374 e. The normalized spacial score (nSPS) is 15.7. The summed E-state index contributed by atoms with van der Waals surface area (Å²) >= 11 is 6.00. The predicted molar refractivity (Wildman–Crippen MR) is 82.1 cm³/mol. The van der Waals surface area contributed by atoms with Gasteiger partial charge < -0.3 is 10.1 Å². The molecule has 0 unspecified atom stereocenters. The van der Waals surface area contributed by atoms with E-state index in [9.17, 15) is 0 Å². The first-order chi connectivity index (χ1) is 9.78. The van der Waals surface area contributed by atoms with Gasteiger partial charge in [-0.05, 0) is 25.7 Å². The molecule has 112 valence electrons. The summed E-state index contributed by atoms with van der Waals surface area (Å²) in [5.74, 6) is 2.38. The summed E-state index contributed by atoms with van der Waals surface area (Å²) in [6, 6.07) is 1.77. The van der Waals surface area contributed by atoms with Crippen LogP contribution in [0.15, 0.2) is 6.07 Å². The summed E-state index contributed by atoms with van der Waals surface area (Å²) in [6.07, 6.45) is 8.17. The molecule has 5 heteroatoms. The lowest BCUT2D eigenvalue weighted by Gasteiger charge is -2.10. The molecule has 1 aliphatic carbocycles. The Labute approximate surface area is 126 Å². The van der Waals surface area contributed by atoms with Crippen LogP contribution >= 0.6 is 11.6 Å². The van der Waals surface area contributed by atoms with Crippen LogP contribution in [0.2, 0.25) is 5.15 Å². The maximum absolute atomic E-state index is 6.00. The molecular formula is C15H24ClN3O. The van der Waals surface area contributed by atoms with Crippen LogP contribution in [0.5, 0.6) is 0 Å². The molecule has 1 saturated carbocycles. The lowest BCUT2D eigenvalue weighted by atomic mass is 10.0. The Kier molecular flexibility index (Phi) is 6.54. The van der Waals surface area contributed by atoms with Crippen LogP contribution in [0.4, 0.5) is 5.82 Å². The molecule has 0 amide bonds. The molecule has 1 fully saturated rings. The highest BCUT2D eigenvalue weighted by atomic mass is 35.5. The van der Waals surface area contributed by atoms with Crippen molar-refractivity contribution in [3.63, 3.8) is 0 Å². The Morgan fingerprint density at radius 1 is 1.35 bits per heavy atom. The van der Waals surface area contributed by atoms with Gasteiger partial charge in [0.05, 0.1) is 0 Å². The zero-order valence-electron chi connectivity index (χ0n) is 12.2. The fourth-order valence-corrected chi connectivity index (χ4v) is 2.92. The lowest BCUT2D eigenvalue weighted by Crippen LogP contribution is -2.08. The summed E-state index contributed by atoms with van der Waals surface area (Å²) in [4.78, 5) is 8.56. The molecule has 0 radical (unpaired) electrons. The average Bonchev–Trinajstić information content (AvgIpc) is 2.94. The van der Waals surface area contributed by atoms with Gasteiger partial charge in [0, 0.05) is 19.2 Å². The van der Waals surface area contributed by atoms with E-state index >= 15 is 0 Å². The second kappa shape index (κ2) is 8.42. The Morgan fingerprint density at radius 3 is 2.90 bits per heavy atom. The van der Waals surface area contributed by atoms with Gasteiger partial charge in [-0.3, -0.25) is 0 Å². The van der Waals surface area contributed by atoms with Gasteiger partial charge in [-0.1, -0.05) is 37.3 Å². The topological polar surface area (TPSA) is 47.0 Å². The van der Waals surface area contributed by atoms with Crippen molar-refractivity contribution in [3.05, 3.63) is 17.0 Å². The predicted octanol–water partition coefficient (Wildman–Crippen LogP) is 4.05. The number of hydrogen-bond acceptors (Lipinski definition) is 4. The standard InChI is InChI=1S/C15H24ClN3O/c1-2-20-11-15-18-13(16)10-14(19-15)17-9-5-8-12-6-3-4-7-12/h10,12H,2-9,11H2,1H3,(H,17,18,19). The van der Waals surface area contributed by atoms with Crippen LogP contribution < -0.4 is 5.32 Å². The minimum Gasteiger partial charge on any atom is -0.374 e. The quantitative estimate of drug-likeness (QED) is 0.581. The van der Waals surface area contributed by atoms with Crippen molar-refractivity contribution in [1.29, 1.82) is 0 Å². The Hall–Kier alpha value is -0.870. The fraction of sp³-hybridized carbons (Fsp3) is 0.733. The molecule has 0 aliphatic heterocycles. The first-order valence-electron chi connectivity index (χ1n) is 7.63. The molecule has 0 saturated heterocycles. The number of aromatic nitrogens is 2. The smallest absolute Gasteiger partial charge is 0.158 e. The number of nitrogens with one attached hydrogen (secondary N) is 1. The molecule has 0 bridgehead atoms. The van der Waals surface area contributed by atoms with Crippen LogP contribution in [0.3, 0.4) is 0 Å². The van der Waals surface area contributed by atoms with Crippen LogP contribution in [-0.4, -0.2) is 23.1 Å². The third kappa shape index (κ3) is 5.25. The van der Waals surface area contributed by atoms with Gasteiger partial charge in [-0.25, -0.2) is 9.97 Å². The molecule has 0 aromatic carbocycles. The van der Waals surface area contributed by atoms with Crippen molar-refractivity contribution >= 4 is 17.4 Å². The molecule has 20 heavy (non-hydrogen) atoms. The molecule has 1 N–H and O–H groups in total. The Morgan fingerprint density at radius 2 is 2.15 bits per heavy atom. The van der Waals surface area contributed by atoms with Gasteiger partial charge in [0.15, 0.2) is 5.82 Å². The summed E-state index contributed by atoms with van der Waals surface area (Å²) < 4.78 is 5.31. The SMILES string of the molecule is CCOCc1nc(Cl)cc(NCCCC2CCCC2)n1. The number of anilines is 1. The molecule has 1 heterocycles. The molecule has 1 aromatic heterocycles. The zero-order valence-corrected chi connectivity index (χ0v) is 13.0. The van der Waals surface area contributed by atoms with E-state index in [2.05, 4.69) is 15.3 Å². The third-order valence-electron chi connectivity index (χ3n) is 3.75. The Balaban J connectivity index is 1.74. The molecule has 2 rings (SSSR count). The van der Waals surface area contributed by atoms with Gasteiger partial charge in [-0.2, -0.15) is 0 Å². The first kappa shape index (κ1) is 15.5. The van der Waals surface area contributed by atoms with E-state index in [1.54, 1.807) is 6.07 Å². The maximum atomic E-state index is 6.00. The summed E-state index contributed by atoms with van der Waals surface area (Å²) in [7, 11) is 0. The molecule has 0 spiro atoms. The highest BCUT2D eigenvalue weighted by molar-refractivity contribution is 6.29. The third-order valence-corrected chi connectivity index (χ3v) is 3.94. The number of rotatable bonds is 8. The number of nitrogens with zero attached hydrogens (tertiary/aromatic N) is 2. The zero-order chi connectivity index (χ0) is 14.2. The second-order valence-electron chi connectivity index (χ2n) is 5.35. The van der Waals surface area contributed by atoms with Crippen molar-refractivity contribution in [2.45, 2.75) is 52.1 Å². The van der Waals surface area contributed by atoms with Crippen molar-refractivity contribution < 1.29 is 4.74 Å². The van der Waals surface area contributed by atoms with Gasteiger partial charge in [0.25, 0.3) is 0 Å². The number of hydrogen-bond donors (Lipinski definition) is 1. The summed E-state index contributed by atoms with van der Waals surface area (Å²) in [5.41, 5.74) is 0. The molecular weight excluding hydrogens is 274 g/mol. The van der Waals surface area contributed by atoms with E-state index < -0.39 is 0 Å². The summed E-state index contributed by atoms with van der Waals surface area (Å²) in [5, 5.41) is 3.80. The van der Waals surface area contributed by atoms with Crippen LogP contribution in [0.1, 0.15) is 51.3 Å². The van der Waals surface area contributed by atoms with Gasteiger partial charge >= 0.3 is 0 Å².